The predicted molar refractivity (Wildman–Crippen MR) is 106 cm³/mol. The quantitative estimate of drug-likeness (QED) is 0.748. The fourth-order valence-corrected chi connectivity index (χ4v) is 3.19. The van der Waals surface area contributed by atoms with Gasteiger partial charge in [0.2, 0.25) is 5.91 Å². The van der Waals surface area contributed by atoms with E-state index in [1.165, 1.54) is 35.4 Å². The third-order valence-electron chi connectivity index (χ3n) is 3.58. The van der Waals surface area contributed by atoms with Gasteiger partial charge >= 0.3 is 5.97 Å². The molecule has 0 unspecified atom stereocenters. The fraction of sp³-hybridized carbons (Fsp3) is 0.350. The largest absolute Gasteiger partial charge is 0.451 e. The first kappa shape index (κ1) is 21.6. The van der Waals surface area contributed by atoms with Gasteiger partial charge in [0.25, 0.3) is 5.91 Å². The van der Waals surface area contributed by atoms with Gasteiger partial charge in [-0.15, -0.1) is 11.3 Å². The number of benzene rings is 1. The van der Waals surface area contributed by atoms with Crippen LogP contribution < -0.4 is 5.32 Å². The molecular formula is C20H23FN2O4S. The summed E-state index contributed by atoms with van der Waals surface area (Å²) in [7, 11) is 1.47. The molecule has 0 spiro atoms. The number of nitrogens with zero attached hydrogens (tertiary/aromatic N) is 1. The normalized spacial score (nSPS) is 11.0. The number of amides is 2. The van der Waals surface area contributed by atoms with Crippen molar-refractivity contribution in [2.75, 3.05) is 20.2 Å². The molecule has 0 radical (unpaired) electrons. The SMILES string of the molecule is CN(CC(=O)NC(C)(C)C)C(=O)COC(=O)c1ccc(-c2ccc(F)cc2)s1. The van der Waals surface area contributed by atoms with Gasteiger partial charge in [0, 0.05) is 17.5 Å². The number of nitrogens with one attached hydrogen (secondary N) is 1. The molecule has 0 bridgehead atoms. The van der Waals surface area contributed by atoms with Gasteiger partial charge in [0.05, 0.1) is 6.54 Å². The first-order valence-corrected chi connectivity index (χ1v) is 9.45. The number of ether oxygens (including phenoxy) is 1. The molecule has 0 aliphatic carbocycles. The van der Waals surface area contributed by atoms with Gasteiger partial charge in [-0.1, -0.05) is 12.1 Å². The zero-order valence-electron chi connectivity index (χ0n) is 16.2. The summed E-state index contributed by atoms with van der Waals surface area (Å²) in [6.07, 6.45) is 0. The second-order valence-electron chi connectivity index (χ2n) is 7.29. The number of esters is 1. The molecule has 2 aromatic rings. The predicted octanol–water partition coefficient (Wildman–Crippen LogP) is 3.08. The van der Waals surface area contributed by atoms with Gasteiger partial charge in [-0.3, -0.25) is 9.59 Å². The third kappa shape index (κ3) is 6.45. The lowest BCUT2D eigenvalue weighted by Gasteiger charge is -2.23. The van der Waals surface area contributed by atoms with E-state index < -0.39 is 24.0 Å². The molecule has 28 heavy (non-hydrogen) atoms. The van der Waals surface area contributed by atoms with E-state index in [4.69, 9.17) is 4.74 Å². The number of hydrogen-bond donors (Lipinski definition) is 1. The van der Waals surface area contributed by atoms with Crippen molar-refractivity contribution >= 4 is 29.1 Å². The fourth-order valence-electron chi connectivity index (χ4n) is 2.29. The number of halogens is 1. The molecule has 2 rings (SSSR count). The van der Waals surface area contributed by atoms with Crippen LogP contribution >= 0.6 is 11.3 Å². The lowest BCUT2D eigenvalue weighted by molar-refractivity contribution is -0.137. The Bertz CT molecular complexity index is 856. The van der Waals surface area contributed by atoms with Crippen LogP contribution in [0.15, 0.2) is 36.4 Å². The van der Waals surface area contributed by atoms with Crippen LogP contribution in [0.5, 0.6) is 0 Å². The molecule has 150 valence electrons. The molecule has 8 heteroatoms. The molecule has 0 fully saturated rings. The highest BCUT2D eigenvalue weighted by molar-refractivity contribution is 7.17. The number of likely N-dealkylation sites (N-methyl/N-ethyl adjacent to an activating group) is 1. The van der Waals surface area contributed by atoms with Crippen LogP contribution in [0.4, 0.5) is 4.39 Å². The third-order valence-corrected chi connectivity index (χ3v) is 4.70. The monoisotopic (exact) mass is 406 g/mol. The topological polar surface area (TPSA) is 75.7 Å². The van der Waals surface area contributed by atoms with Crippen LogP contribution in [-0.2, 0) is 14.3 Å². The van der Waals surface area contributed by atoms with Crippen molar-refractivity contribution in [3.63, 3.8) is 0 Å². The highest BCUT2D eigenvalue weighted by atomic mass is 32.1. The second-order valence-corrected chi connectivity index (χ2v) is 8.38. The molecule has 0 aliphatic rings. The van der Waals surface area contributed by atoms with Crippen LogP contribution in [0, 0.1) is 5.82 Å². The molecular weight excluding hydrogens is 383 g/mol. The van der Waals surface area contributed by atoms with Gasteiger partial charge in [-0.25, -0.2) is 9.18 Å². The number of rotatable bonds is 6. The molecule has 1 aromatic carbocycles. The summed E-state index contributed by atoms with van der Waals surface area (Å²) in [5, 5.41) is 2.76. The molecule has 0 saturated carbocycles. The lowest BCUT2D eigenvalue weighted by atomic mass is 10.1. The first-order chi connectivity index (χ1) is 13.0. The molecule has 0 aliphatic heterocycles. The van der Waals surface area contributed by atoms with Crippen molar-refractivity contribution in [2.24, 2.45) is 0 Å². The van der Waals surface area contributed by atoms with Crippen molar-refractivity contribution in [3.05, 3.63) is 47.1 Å². The van der Waals surface area contributed by atoms with E-state index in [1.54, 1.807) is 24.3 Å². The Balaban J connectivity index is 1.87. The van der Waals surface area contributed by atoms with E-state index in [1.807, 2.05) is 20.8 Å². The summed E-state index contributed by atoms with van der Waals surface area (Å²) in [6.45, 7) is 4.95. The number of thiophene rings is 1. The van der Waals surface area contributed by atoms with Gasteiger partial charge < -0.3 is 15.0 Å². The summed E-state index contributed by atoms with van der Waals surface area (Å²) in [5.41, 5.74) is 0.389. The van der Waals surface area contributed by atoms with Crippen molar-refractivity contribution in [1.29, 1.82) is 0 Å². The number of carbonyl (C=O) groups excluding carboxylic acids is 3. The van der Waals surface area contributed by atoms with Crippen molar-refractivity contribution in [1.82, 2.24) is 10.2 Å². The van der Waals surface area contributed by atoms with Crippen molar-refractivity contribution < 1.29 is 23.5 Å². The minimum absolute atomic E-state index is 0.124. The van der Waals surface area contributed by atoms with Gasteiger partial charge in [0.15, 0.2) is 6.61 Å². The minimum Gasteiger partial charge on any atom is -0.451 e. The summed E-state index contributed by atoms with van der Waals surface area (Å²) >= 11 is 1.19. The van der Waals surface area contributed by atoms with Crippen LogP contribution in [0.3, 0.4) is 0 Å². The molecule has 2 amide bonds. The molecule has 1 aromatic heterocycles. The maximum atomic E-state index is 13.0. The van der Waals surface area contributed by atoms with Crippen LogP contribution in [0.25, 0.3) is 10.4 Å². The van der Waals surface area contributed by atoms with E-state index in [-0.39, 0.29) is 18.3 Å². The van der Waals surface area contributed by atoms with Gasteiger partial charge in [-0.05, 0) is 50.6 Å². The Morgan fingerprint density at radius 1 is 1.11 bits per heavy atom. The average molecular weight is 406 g/mol. The van der Waals surface area contributed by atoms with E-state index in [9.17, 15) is 18.8 Å². The summed E-state index contributed by atoms with van der Waals surface area (Å²) in [5.74, 6) is -1.73. The summed E-state index contributed by atoms with van der Waals surface area (Å²) in [6, 6.07) is 9.26. The summed E-state index contributed by atoms with van der Waals surface area (Å²) < 4.78 is 18.1. The highest BCUT2D eigenvalue weighted by Crippen LogP contribution is 2.28. The van der Waals surface area contributed by atoms with Crippen LogP contribution in [0.2, 0.25) is 0 Å². The van der Waals surface area contributed by atoms with Gasteiger partial charge in [-0.2, -0.15) is 0 Å². The van der Waals surface area contributed by atoms with Crippen molar-refractivity contribution in [3.8, 4) is 10.4 Å². The Morgan fingerprint density at radius 2 is 1.75 bits per heavy atom. The highest BCUT2D eigenvalue weighted by Gasteiger charge is 2.19. The zero-order chi connectivity index (χ0) is 20.9. The smallest absolute Gasteiger partial charge is 0.348 e. The molecule has 6 nitrogen and oxygen atoms in total. The van der Waals surface area contributed by atoms with Crippen molar-refractivity contribution in [2.45, 2.75) is 26.3 Å². The van der Waals surface area contributed by atoms with Gasteiger partial charge in [0.1, 0.15) is 10.7 Å². The van der Waals surface area contributed by atoms with E-state index in [0.717, 1.165) is 10.4 Å². The Hall–Kier alpha value is -2.74. The molecule has 0 atom stereocenters. The van der Waals surface area contributed by atoms with E-state index in [2.05, 4.69) is 5.32 Å². The standard InChI is InChI=1S/C20H23FN2O4S/c1-20(2,3)22-17(24)11-23(4)18(25)12-27-19(26)16-10-9-15(28-16)13-5-7-14(21)8-6-13/h5-10H,11-12H2,1-4H3,(H,22,24). The molecule has 1 N–H and O–H groups in total. The molecule has 1 heterocycles. The van der Waals surface area contributed by atoms with E-state index >= 15 is 0 Å². The number of hydrogen-bond acceptors (Lipinski definition) is 5. The first-order valence-electron chi connectivity index (χ1n) is 8.63. The Labute approximate surface area is 167 Å². The average Bonchev–Trinajstić information content (AvgIpc) is 3.08. The Morgan fingerprint density at radius 3 is 2.36 bits per heavy atom. The van der Waals surface area contributed by atoms with Crippen LogP contribution in [-0.4, -0.2) is 48.4 Å². The number of carbonyl (C=O) groups is 3. The molecule has 0 saturated heterocycles. The Kier molecular flexibility index (Phi) is 6.90. The maximum Gasteiger partial charge on any atom is 0.348 e. The maximum absolute atomic E-state index is 13.0. The minimum atomic E-state index is -0.626. The van der Waals surface area contributed by atoms with E-state index in [0.29, 0.717) is 4.88 Å². The lowest BCUT2D eigenvalue weighted by Crippen LogP contribution is -2.46. The second kappa shape index (κ2) is 8.97. The summed E-state index contributed by atoms with van der Waals surface area (Å²) in [4.78, 5) is 38.4. The zero-order valence-corrected chi connectivity index (χ0v) is 17.1. The van der Waals surface area contributed by atoms with Crippen LogP contribution in [0.1, 0.15) is 30.4 Å².